The van der Waals surface area contributed by atoms with Gasteiger partial charge in [0.15, 0.2) is 11.5 Å². The molecule has 1 N–H and O–H groups in total. The maximum absolute atomic E-state index is 12.7. The maximum Gasteiger partial charge on any atom is 0.262 e. The Morgan fingerprint density at radius 2 is 1.58 bits per heavy atom. The van der Waals surface area contributed by atoms with E-state index in [1.54, 1.807) is 63.2 Å². The van der Waals surface area contributed by atoms with Crippen LogP contribution < -0.4 is 14.8 Å². The fraction of sp³-hybridized carbons (Fsp3) is 0.348. The Bertz CT molecular complexity index is 982. The Kier molecular flexibility index (Phi) is 6.31. The first-order valence-corrected chi connectivity index (χ1v) is 9.82. The quantitative estimate of drug-likeness (QED) is 0.652. The second-order valence-electron chi connectivity index (χ2n) is 7.82. The van der Waals surface area contributed by atoms with Crippen molar-refractivity contribution in [2.45, 2.75) is 32.4 Å². The molecule has 3 amide bonds. The molecule has 0 aromatic heterocycles. The highest BCUT2D eigenvalue weighted by atomic mass is 16.5. The monoisotopic (exact) mass is 426 g/mol. The van der Waals surface area contributed by atoms with Crippen molar-refractivity contribution in [1.29, 1.82) is 0 Å². The summed E-state index contributed by atoms with van der Waals surface area (Å²) in [6.07, 6.45) is -0.817. The molecular weight excluding hydrogens is 400 g/mol. The van der Waals surface area contributed by atoms with Crippen LogP contribution in [0.5, 0.6) is 11.5 Å². The molecule has 0 aliphatic carbocycles. The lowest BCUT2D eigenvalue weighted by atomic mass is 10.0. The molecule has 2 aromatic carbocycles. The Morgan fingerprint density at radius 3 is 2.13 bits per heavy atom. The van der Waals surface area contributed by atoms with E-state index in [0.29, 0.717) is 28.3 Å². The van der Waals surface area contributed by atoms with Gasteiger partial charge in [-0.25, -0.2) is 0 Å². The second kappa shape index (κ2) is 8.77. The summed E-state index contributed by atoms with van der Waals surface area (Å²) in [6.45, 7) is 5.06. The summed E-state index contributed by atoms with van der Waals surface area (Å²) in [5.74, 6) is -0.0632. The van der Waals surface area contributed by atoms with E-state index in [0.717, 1.165) is 0 Å². The molecule has 0 fully saturated rings. The molecule has 0 saturated carbocycles. The van der Waals surface area contributed by atoms with Crippen LogP contribution in [0.2, 0.25) is 0 Å². The lowest BCUT2D eigenvalue weighted by Gasteiger charge is -2.34. The van der Waals surface area contributed by atoms with Gasteiger partial charge in [0.25, 0.3) is 17.7 Å². The summed E-state index contributed by atoms with van der Waals surface area (Å²) >= 11 is 0. The number of imide groups is 1. The molecule has 0 bridgehead atoms. The molecule has 1 aliphatic heterocycles. The number of carbonyl (C=O) groups excluding carboxylic acids is 3. The summed E-state index contributed by atoms with van der Waals surface area (Å²) in [5.41, 5.74) is 0.336. The van der Waals surface area contributed by atoms with Crippen LogP contribution in [-0.4, -0.2) is 55.1 Å². The molecule has 8 nitrogen and oxygen atoms in total. The Morgan fingerprint density at radius 1 is 1.00 bits per heavy atom. The summed E-state index contributed by atoms with van der Waals surface area (Å²) in [6, 6.07) is 11.7. The van der Waals surface area contributed by atoms with E-state index in [4.69, 9.17) is 14.2 Å². The van der Waals surface area contributed by atoms with Gasteiger partial charge in [0.2, 0.25) is 0 Å². The number of fused-ring (bicyclic) bond motifs is 1. The molecule has 0 radical (unpaired) electrons. The van der Waals surface area contributed by atoms with Gasteiger partial charge in [-0.15, -0.1) is 0 Å². The first kappa shape index (κ1) is 22.3. The molecule has 1 aliphatic rings. The van der Waals surface area contributed by atoms with Crippen LogP contribution in [0.3, 0.4) is 0 Å². The van der Waals surface area contributed by atoms with Gasteiger partial charge in [-0.3, -0.25) is 19.3 Å². The predicted octanol–water partition coefficient (Wildman–Crippen LogP) is 3.12. The molecule has 8 heteroatoms. The summed E-state index contributed by atoms with van der Waals surface area (Å²) < 4.78 is 16.2. The number of benzene rings is 2. The molecule has 1 atom stereocenters. The fourth-order valence-electron chi connectivity index (χ4n) is 3.37. The van der Waals surface area contributed by atoms with Crippen molar-refractivity contribution in [2.24, 2.45) is 0 Å². The smallest absolute Gasteiger partial charge is 0.262 e. The topological polar surface area (TPSA) is 94.2 Å². The molecule has 31 heavy (non-hydrogen) atoms. The van der Waals surface area contributed by atoms with Gasteiger partial charge in [-0.2, -0.15) is 0 Å². The maximum atomic E-state index is 12.7. The van der Waals surface area contributed by atoms with E-state index >= 15 is 0 Å². The van der Waals surface area contributed by atoms with Crippen LogP contribution in [0.15, 0.2) is 42.5 Å². The average molecular weight is 426 g/mol. The number of amides is 3. The molecule has 0 spiro atoms. The highest BCUT2D eigenvalue weighted by Gasteiger charge is 2.44. The molecule has 164 valence electrons. The van der Waals surface area contributed by atoms with Gasteiger partial charge in [-0.1, -0.05) is 12.1 Å². The third-order valence-electron chi connectivity index (χ3n) is 5.11. The molecule has 1 heterocycles. The zero-order valence-corrected chi connectivity index (χ0v) is 18.2. The van der Waals surface area contributed by atoms with Gasteiger partial charge >= 0.3 is 0 Å². The fourth-order valence-corrected chi connectivity index (χ4v) is 3.37. The molecule has 1 unspecified atom stereocenters. The lowest BCUT2D eigenvalue weighted by molar-refractivity contribution is -0.128. The number of methoxy groups -OCH3 is 2. The van der Waals surface area contributed by atoms with Crippen molar-refractivity contribution in [3.63, 3.8) is 0 Å². The third-order valence-corrected chi connectivity index (χ3v) is 5.11. The Labute approximate surface area is 181 Å². The standard InChI is InChI=1S/C23H26N2O6/c1-14(20(26)24-15-10-11-18(29-4)19(12-15)30-5)31-13-23(2,3)25-21(27)16-8-6-7-9-17(16)22(25)28/h6-12,14H,13H2,1-5H3,(H,24,26). The number of rotatable bonds is 8. The number of ether oxygens (including phenoxy) is 3. The molecule has 3 rings (SSSR count). The van der Waals surface area contributed by atoms with Crippen LogP contribution >= 0.6 is 0 Å². The van der Waals surface area contributed by atoms with Crippen LogP contribution in [0.25, 0.3) is 0 Å². The lowest BCUT2D eigenvalue weighted by Crippen LogP contribution is -2.51. The Hall–Kier alpha value is -3.39. The van der Waals surface area contributed by atoms with Gasteiger partial charge in [0, 0.05) is 11.8 Å². The zero-order valence-electron chi connectivity index (χ0n) is 18.2. The minimum atomic E-state index is -0.939. The van der Waals surface area contributed by atoms with E-state index < -0.39 is 11.6 Å². The molecular formula is C23H26N2O6. The number of nitrogens with zero attached hydrogens (tertiary/aromatic N) is 1. The summed E-state index contributed by atoms with van der Waals surface area (Å²) in [4.78, 5) is 39.2. The van der Waals surface area contributed by atoms with E-state index in [2.05, 4.69) is 5.32 Å². The van der Waals surface area contributed by atoms with Gasteiger partial charge in [0.05, 0.1) is 37.5 Å². The number of hydrogen-bond donors (Lipinski definition) is 1. The van der Waals surface area contributed by atoms with E-state index in [9.17, 15) is 14.4 Å². The van der Waals surface area contributed by atoms with Crippen molar-refractivity contribution in [1.82, 2.24) is 4.90 Å². The summed E-state index contributed by atoms with van der Waals surface area (Å²) in [5, 5.41) is 2.76. The molecule has 0 saturated heterocycles. The van der Waals surface area contributed by atoms with Crippen LogP contribution in [0.1, 0.15) is 41.5 Å². The van der Waals surface area contributed by atoms with Crippen molar-refractivity contribution >= 4 is 23.4 Å². The van der Waals surface area contributed by atoms with Crippen molar-refractivity contribution in [3.8, 4) is 11.5 Å². The number of carbonyl (C=O) groups is 3. The van der Waals surface area contributed by atoms with Crippen LogP contribution in [0, 0.1) is 0 Å². The first-order chi connectivity index (χ1) is 14.7. The van der Waals surface area contributed by atoms with E-state index in [1.807, 2.05) is 0 Å². The van der Waals surface area contributed by atoms with Crippen LogP contribution in [-0.2, 0) is 9.53 Å². The normalized spacial score (nSPS) is 14.3. The van der Waals surface area contributed by atoms with Gasteiger partial charge in [0.1, 0.15) is 6.10 Å². The zero-order chi connectivity index (χ0) is 22.8. The second-order valence-corrected chi connectivity index (χ2v) is 7.82. The number of nitrogens with one attached hydrogen (secondary N) is 1. The van der Waals surface area contributed by atoms with E-state index in [-0.39, 0.29) is 24.3 Å². The molecule has 2 aromatic rings. The minimum absolute atomic E-state index is 0.00100. The minimum Gasteiger partial charge on any atom is -0.493 e. The van der Waals surface area contributed by atoms with Crippen LogP contribution in [0.4, 0.5) is 5.69 Å². The number of anilines is 1. The predicted molar refractivity (Wildman–Crippen MR) is 115 cm³/mol. The number of hydrogen-bond acceptors (Lipinski definition) is 6. The van der Waals surface area contributed by atoms with Gasteiger partial charge < -0.3 is 19.5 Å². The first-order valence-electron chi connectivity index (χ1n) is 9.82. The SMILES string of the molecule is COc1ccc(NC(=O)C(C)OCC(C)(C)N2C(=O)c3ccccc3C2=O)cc1OC. The summed E-state index contributed by atoms with van der Waals surface area (Å²) in [7, 11) is 3.04. The largest absolute Gasteiger partial charge is 0.493 e. The van der Waals surface area contributed by atoms with Crippen molar-refractivity contribution in [2.75, 3.05) is 26.1 Å². The van der Waals surface area contributed by atoms with Crippen molar-refractivity contribution in [3.05, 3.63) is 53.6 Å². The highest BCUT2D eigenvalue weighted by molar-refractivity contribution is 6.21. The van der Waals surface area contributed by atoms with Crippen molar-refractivity contribution < 1.29 is 28.6 Å². The highest BCUT2D eigenvalue weighted by Crippen LogP contribution is 2.31. The van der Waals surface area contributed by atoms with E-state index in [1.165, 1.54) is 19.1 Å². The average Bonchev–Trinajstić information content (AvgIpc) is 3.02. The Balaban J connectivity index is 1.63. The third kappa shape index (κ3) is 4.39. The van der Waals surface area contributed by atoms with Gasteiger partial charge in [-0.05, 0) is 45.0 Å².